The second kappa shape index (κ2) is 6.94. The van der Waals surface area contributed by atoms with Gasteiger partial charge in [0.1, 0.15) is 0 Å². The highest BCUT2D eigenvalue weighted by atomic mass is 35.5. The highest BCUT2D eigenvalue weighted by molar-refractivity contribution is 6.31. The van der Waals surface area contributed by atoms with E-state index in [0.29, 0.717) is 17.0 Å². The first-order chi connectivity index (χ1) is 9.56. The zero-order valence-electron chi connectivity index (χ0n) is 12.9. The van der Waals surface area contributed by atoms with Gasteiger partial charge in [0.15, 0.2) is 0 Å². The molecule has 1 aromatic rings. The SMILES string of the molecule is Cc1cc(Cl)cc(C(=O)NC(CC(=O)O)CC(C)(C)C)c1. The number of aliphatic carboxylic acids is 1. The van der Waals surface area contributed by atoms with Gasteiger partial charge in [0.05, 0.1) is 6.42 Å². The number of nitrogens with one attached hydrogen (secondary N) is 1. The summed E-state index contributed by atoms with van der Waals surface area (Å²) in [7, 11) is 0. The second-order valence-electron chi connectivity index (χ2n) is 6.55. The van der Waals surface area contributed by atoms with E-state index in [4.69, 9.17) is 16.7 Å². The molecule has 0 aromatic heterocycles. The predicted molar refractivity (Wildman–Crippen MR) is 83.8 cm³/mol. The molecule has 0 aliphatic carbocycles. The number of hydrogen-bond acceptors (Lipinski definition) is 2. The number of hydrogen-bond donors (Lipinski definition) is 2. The Balaban J connectivity index is 2.86. The fourth-order valence-electron chi connectivity index (χ4n) is 2.26. The summed E-state index contributed by atoms with van der Waals surface area (Å²) in [6.07, 6.45) is 0.493. The topological polar surface area (TPSA) is 66.4 Å². The van der Waals surface area contributed by atoms with Crippen LogP contribution in [0.1, 0.15) is 49.5 Å². The molecule has 0 aliphatic rings. The van der Waals surface area contributed by atoms with Gasteiger partial charge in [0.2, 0.25) is 0 Å². The first-order valence-electron chi connectivity index (χ1n) is 6.87. The third-order valence-electron chi connectivity index (χ3n) is 2.92. The molecule has 1 unspecified atom stereocenters. The van der Waals surface area contributed by atoms with Crippen LogP contribution in [-0.4, -0.2) is 23.0 Å². The number of rotatable bonds is 5. The van der Waals surface area contributed by atoms with Gasteiger partial charge in [0, 0.05) is 16.6 Å². The van der Waals surface area contributed by atoms with Gasteiger partial charge in [0.25, 0.3) is 5.91 Å². The third kappa shape index (κ3) is 6.63. The number of carbonyl (C=O) groups excluding carboxylic acids is 1. The Morgan fingerprint density at radius 1 is 1.29 bits per heavy atom. The van der Waals surface area contributed by atoms with Gasteiger partial charge in [-0.1, -0.05) is 32.4 Å². The van der Waals surface area contributed by atoms with Crippen molar-refractivity contribution in [2.75, 3.05) is 0 Å². The fourth-order valence-corrected chi connectivity index (χ4v) is 2.55. The Kier molecular flexibility index (Phi) is 5.78. The maximum Gasteiger partial charge on any atom is 0.305 e. The standard InChI is InChI=1S/C16H22ClNO3/c1-10-5-11(7-12(17)6-10)15(21)18-13(8-14(19)20)9-16(2,3)4/h5-7,13H,8-9H2,1-4H3,(H,18,21)(H,19,20). The number of amides is 1. The minimum atomic E-state index is -0.924. The lowest BCUT2D eigenvalue weighted by Crippen LogP contribution is -2.39. The highest BCUT2D eigenvalue weighted by Gasteiger charge is 2.23. The van der Waals surface area contributed by atoms with Crippen LogP contribution in [0.4, 0.5) is 0 Å². The van der Waals surface area contributed by atoms with Gasteiger partial charge in [-0.15, -0.1) is 0 Å². The van der Waals surface area contributed by atoms with Crippen molar-refractivity contribution in [2.24, 2.45) is 5.41 Å². The van der Waals surface area contributed by atoms with Gasteiger partial charge in [-0.25, -0.2) is 0 Å². The fraction of sp³-hybridized carbons (Fsp3) is 0.500. The van der Waals surface area contributed by atoms with Gasteiger partial charge in [-0.3, -0.25) is 9.59 Å². The normalized spacial score (nSPS) is 12.8. The number of aryl methyl sites for hydroxylation is 1. The second-order valence-corrected chi connectivity index (χ2v) is 6.99. The third-order valence-corrected chi connectivity index (χ3v) is 3.14. The molecule has 2 N–H and O–H groups in total. The Hall–Kier alpha value is -1.55. The molecule has 0 saturated carbocycles. The van der Waals surface area contributed by atoms with Crippen molar-refractivity contribution >= 4 is 23.5 Å². The van der Waals surface area contributed by atoms with Gasteiger partial charge < -0.3 is 10.4 Å². The monoisotopic (exact) mass is 311 g/mol. The first kappa shape index (κ1) is 17.5. The van der Waals surface area contributed by atoms with Crippen LogP contribution < -0.4 is 5.32 Å². The average molecular weight is 312 g/mol. The van der Waals surface area contributed by atoms with Crippen LogP contribution in [0.25, 0.3) is 0 Å². The largest absolute Gasteiger partial charge is 0.481 e. The minimum Gasteiger partial charge on any atom is -0.481 e. The molecule has 0 bridgehead atoms. The number of benzene rings is 1. The van der Waals surface area contributed by atoms with E-state index in [1.807, 2.05) is 27.7 Å². The smallest absolute Gasteiger partial charge is 0.305 e. The van der Waals surface area contributed by atoms with E-state index in [9.17, 15) is 9.59 Å². The molecule has 1 aromatic carbocycles. The minimum absolute atomic E-state index is 0.0718. The maximum atomic E-state index is 12.3. The molecule has 116 valence electrons. The first-order valence-corrected chi connectivity index (χ1v) is 7.24. The van der Waals surface area contributed by atoms with Gasteiger partial charge in [-0.05, 0) is 42.5 Å². The van der Waals surface area contributed by atoms with Crippen LogP contribution in [0, 0.1) is 12.3 Å². The number of halogens is 1. The van der Waals surface area contributed by atoms with Crippen molar-refractivity contribution in [3.8, 4) is 0 Å². The molecule has 4 nitrogen and oxygen atoms in total. The van der Waals surface area contributed by atoms with Crippen molar-refractivity contribution < 1.29 is 14.7 Å². The summed E-state index contributed by atoms with van der Waals surface area (Å²) in [5.74, 6) is -1.22. The molecule has 0 saturated heterocycles. The molecule has 0 spiro atoms. The Labute approximate surface area is 130 Å². The lowest BCUT2D eigenvalue weighted by molar-refractivity contribution is -0.137. The molecule has 1 rings (SSSR count). The van der Waals surface area contributed by atoms with E-state index in [1.54, 1.807) is 18.2 Å². The van der Waals surface area contributed by atoms with Crippen LogP contribution in [0.3, 0.4) is 0 Å². The summed E-state index contributed by atoms with van der Waals surface area (Å²) in [6.45, 7) is 7.89. The summed E-state index contributed by atoms with van der Waals surface area (Å²) >= 11 is 5.95. The summed E-state index contributed by atoms with van der Waals surface area (Å²) < 4.78 is 0. The van der Waals surface area contributed by atoms with Crippen LogP contribution in [0.2, 0.25) is 5.02 Å². The average Bonchev–Trinajstić information content (AvgIpc) is 2.23. The molecule has 0 fully saturated rings. The zero-order chi connectivity index (χ0) is 16.2. The van der Waals surface area contributed by atoms with E-state index in [0.717, 1.165) is 5.56 Å². The molecule has 0 heterocycles. The van der Waals surface area contributed by atoms with Crippen molar-refractivity contribution in [3.63, 3.8) is 0 Å². The molecule has 5 heteroatoms. The van der Waals surface area contributed by atoms with Gasteiger partial charge >= 0.3 is 5.97 Å². The zero-order valence-corrected chi connectivity index (χ0v) is 13.6. The quantitative estimate of drug-likeness (QED) is 0.872. The van der Waals surface area contributed by atoms with E-state index in [1.165, 1.54) is 0 Å². The predicted octanol–water partition coefficient (Wildman–Crippen LogP) is 3.66. The number of carboxylic acids is 1. The van der Waals surface area contributed by atoms with Crippen molar-refractivity contribution in [2.45, 2.75) is 46.6 Å². The van der Waals surface area contributed by atoms with Gasteiger partial charge in [-0.2, -0.15) is 0 Å². The number of carbonyl (C=O) groups is 2. The molecule has 21 heavy (non-hydrogen) atoms. The summed E-state index contributed by atoms with van der Waals surface area (Å²) in [5, 5.41) is 12.3. The van der Waals surface area contributed by atoms with Crippen LogP contribution >= 0.6 is 11.6 Å². The Bertz CT molecular complexity index is 515. The summed E-state index contributed by atoms with van der Waals surface area (Å²) in [6, 6.07) is 4.67. The van der Waals surface area contributed by atoms with Crippen LogP contribution in [0.5, 0.6) is 0 Å². The molecule has 1 atom stereocenters. The van der Waals surface area contributed by atoms with E-state index < -0.39 is 12.0 Å². The highest BCUT2D eigenvalue weighted by Crippen LogP contribution is 2.23. The number of carboxylic acid groups (broad SMARTS) is 1. The summed E-state index contributed by atoms with van der Waals surface area (Å²) in [4.78, 5) is 23.2. The lowest BCUT2D eigenvalue weighted by atomic mass is 9.87. The molecule has 0 radical (unpaired) electrons. The van der Waals surface area contributed by atoms with E-state index in [2.05, 4.69) is 5.32 Å². The van der Waals surface area contributed by atoms with Crippen molar-refractivity contribution in [3.05, 3.63) is 34.3 Å². The van der Waals surface area contributed by atoms with E-state index in [-0.39, 0.29) is 17.7 Å². The Morgan fingerprint density at radius 2 is 1.90 bits per heavy atom. The molecular formula is C16H22ClNO3. The van der Waals surface area contributed by atoms with Crippen molar-refractivity contribution in [1.82, 2.24) is 5.32 Å². The van der Waals surface area contributed by atoms with Crippen molar-refractivity contribution in [1.29, 1.82) is 0 Å². The maximum absolute atomic E-state index is 12.3. The molecule has 1 amide bonds. The van der Waals surface area contributed by atoms with Crippen LogP contribution in [0.15, 0.2) is 18.2 Å². The molecular weight excluding hydrogens is 290 g/mol. The van der Waals surface area contributed by atoms with E-state index >= 15 is 0 Å². The Morgan fingerprint density at radius 3 is 2.38 bits per heavy atom. The lowest BCUT2D eigenvalue weighted by Gasteiger charge is -2.26. The molecule has 0 aliphatic heterocycles. The summed E-state index contributed by atoms with van der Waals surface area (Å²) in [5.41, 5.74) is 1.26. The van der Waals surface area contributed by atoms with Crippen LogP contribution in [-0.2, 0) is 4.79 Å².